The highest BCUT2D eigenvalue weighted by molar-refractivity contribution is 6.42. The molecule has 0 bridgehead atoms. The molecule has 0 saturated carbocycles. The van der Waals surface area contributed by atoms with Crippen LogP contribution in [-0.2, 0) is 0 Å². The van der Waals surface area contributed by atoms with Crippen LogP contribution in [0, 0.1) is 0 Å². The van der Waals surface area contributed by atoms with Crippen LogP contribution >= 0.6 is 23.2 Å². The largest absolute Gasteiger partial charge is 0.457 e. The first kappa shape index (κ1) is 14.8. The van der Waals surface area contributed by atoms with E-state index < -0.39 is 0 Å². The summed E-state index contributed by atoms with van der Waals surface area (Å²) in [6, 6.07) is 20.6. The number of rotatable bonds is 3. The smallest absolute Gasteiger partial charge is 0.127 e. The van der Waals surface area contributed by atoms with Crippen LogP contribution in [0.15, 0.2) is 66.7 Å². The van der Waals surface area contributed by atoms with Crippen LogP contribution in [0.25, 0.3) is 11.1 Å². The van der Waals surface area contributed by atoms with Gasteiger partial charge in [0.2, 0.25) is 0 Å². The standard InChI is InChI=1S/C18H13Cl2NO/c19-17-10-3-13(11-18(17)20)12-1-6-15(7-2-12)22-16-8-4-14(21)5-9-16/h1-11H,21H2. The van der Waals surface area contributed by atoms with E-state index in [1.165, 1.54) is 0 Å². The summed E-state index contributed by atoms with van der Waals surface area (Å²) in [5, 5.41) is 1.09. The maximum Gasteiger partial charge on any atom is 0.127 e. The number of anilines is 1. The van der Waals surface area contributed by atoms with Crippen molar-refractivity contribution in [2.75, 3.05) is 5.73 Å². The van der Waals surface area contributed by atoms with E-state index >= 15 is 0 Å². The fourth-order valence-electron chi connectivity index (χ4n) is 2.06. The Kier molecular flexibility index (Phi) is 4.23. The Hall–Kier alpha value is -2.16. The van der Waals surface area contributed by atoms with Crippen molar-refractivity contribution >= 4 is 28.9 Å². The van der Waals surface area contributed by atoms with Crippen LogP contribution in [0.3, 0.4) is 0 Å². The molecule has 0 amide bonds. The molecule has 4 heteroatoms. The van der Waals surface area contributed by atoms with E-state index in [-0.39, 0.29) is 0 Å². The summed E-state index contributed by atoms with van der Waals surface area (Å²) in [5.74, 6) is 1.50. The number of hydrogen-bond acceptors (Lipinski definition) is 2. The van der Waals surface area contributed by atoms with Gasteiger partial charge in [0.25, 0.3) is 0 Å². The molecule has 0 aliphatic carbocycles. The van der Waals surface area contributed by atoms with Gasteiger partial charge in [0.15, 0.2) is 0 Å². The van der Waals surface area contributed by atoms with Gasteiger partial charge >= 0.3 is 0 Å². The highest BCUT2D eigenvalue weighted by Gasteiger charge is 2.03. The van der Waals surface area contributed by atoms with Crippen LogP contribution in [0.5, 0.6) is 11.5 Å². The third kappa shape index (κ3) is 3.35. The zero-order valence-corrected chi connectivity index (χ0v) is 13.1. The minimum absolute atomic E-state index is 0.543. The third-order valence-corrected chi connectivity index (χ3v) is 3.96. The average Bonchev–Trinajstić information content (AvgIpc) is 2.53. The normalized spacial score (nSPS) is 10.5. The topological polar surface area (TPSA) is 35.2 Å². The van der Waals surface area contributed by atoms with Gasteiger partial charge in [-0.25, -0.2) is 0 Å². The highest BCUT2D eigenvalue weighted by atomic mass is 35.5. The number of benzene rings is 3. The number of nitrogens with two attached hydrogens (primary N) is 1. The van der Waals surface area contributed by atoms with Gasteiger partial charge in [-0.2, -0.15) is 0 Å². The molecule has 0 unspecified atom stereocenters. The van der Waals surface area contributed by atoms with Crippen molar-refractivity contribution in [3.05, 3.63) is 76.8 Å². The molecule has 3 rings (SSSR count). The lowest BCUT2D eigenvalue weighted by molar-refractivity contribution is 0.483. The molecule has 0 saturated heterocycles. The molecule has 3 aromatic rings. The van der Waals surface area contributed by atoms with Crippen molar-refractivity contribution in [2.24, 2.45) is 0 Å². The molecule has 0 radical (unpaired) electrons. The number of hydrogen-bond donors (Lipinski definition) is 1. The lowest BCUT2D eigenvalue weighted by Crippen LogP contribution is -1.87. The molecule has 0 aliphatic rings. The molecule has 0 fully saturated rings. The van der Waals surface area contributed by atoms with Gasteiger partial charge in [0.1, 0.15) is 11.5 Å². The second-order valence-electron chi connectivity index (χ2n) is 4.82. The van der Waals surface area contributed by atoms with Crippen molar-refractivity contribution in [1.82, 2.24) is 0 Å². The third-order valence-electron chi connectivity index (χ3n) is 3.22. The highest BCUT2D eigenvalue weighted by Crippen LogP contribution is 2.30. The predicted molar refractivity (Wildman–Crippen MR) is 92.8 cm³/mol. The van der Waals surface area contributed by atoms with E-state index in [2.05, 4.69) is 0 Å². The van der Waals surface area contributed by atoms with Crippen LogP contribution in [0.4, 0.5) is 5.69 Å². The van der Waals surface area contributed by atoms with Gasteiger partial charge in [-0.05, 0) is 59.7 Å². The SMILES string of the molecule is Nc1ccc(Oc2ccc(-c3ccc(Cl)c(Cl)c3)cc2)cc1. The van der Waals surface area contributed by atoms with Gasteiger partial charge in [0, 0.05) is 5.69 Å². The van der Waals surface area contributed by atoms with Crippen molar-refractivity contribution in [1.29, 1.82) is 0 Å². The van der Waals surface area contributed by atoms with E-state index in [1.54, 1.807) is 18.2 Å². The van der Waals surface area contributed by atoms with E-state index in [0.29, 0.717) is 15.7 Å². The lowest BCUT2D eigenvalue weighted by Gasteiger charge is -2.08. The predicted octanol–water partition coefficient (Wildman–Crippen LogP) is 6.03. The molecule has 110 valence electrons. The number of nitrogen functional groups attached to an aromatic ring is 1. The van der Waals surface area contributed by atoms with Gasteiger partial charge in [-0.3, -0.25) is 0 Å². The summed E-state index contributed by atoms with van der Waals surface area (Å²) < 4.78 is 5.76. The molecule has 0 aromatic heterocycles. The number of ether oxygens (including phenoxy) is 1. The molecule has 0 atom stereocenters. The quantitative estimate of drug-likeness (QED) is 0.595. The molecule has 0 aliphatic heterocycles. The van der Waals surface area contributed by atoms with E-state index in [1.807, 2.05) is 48.5 Å². The zero-order valence-electron chi connectivity index (χ0n) is 11.6. The zero-order chi connectivity index (χ0) is 15.5. The first-order chi connectivity index (χ1) is 10.6. The second-order valence-corrected chi connectivity index (χ2v) is 5.64. The van der Waals surface area contributed by atoms with Gasteiger partial charge in [0.05, 0.1) is 10.0 Å². The van der Waals surface area contributed by atoms with Gasteiger partial charge < -0.3 is 10.5 Å². The number of halogens is 2. The van der Waals surface area contributed by atoms with Crippen molar-refractivity contribution in [2.45, 2.75) is 0 Å². The molecule has 0 heterocycles. The van der Waals surface area contributed by atoms with Gasteiger partial charge in [-0.1, -0.05) is 41.4 Å². The molecular weight excluding hydrogens is 317 g/mol. The van der Waals surface area contributed by atoms with Crippen molar-refractivity contribution < 1.29 is 4.74 Å². The van der Waals surface area contributed by atoms with E-state index in [4.69, 9.17) is 33.7 Å². The summed E-state index contributed by atoms with van der Waals surface area (Å²) in [7, 11) is 0. The maximum absolute atomic E-state index is 6.05. The Bertz CT molecular complexity index is 783. The summed E-state index contributed by atoms with van der Waals surface area (Å²) in [6.45, 7) is 0. The van der Waals surface area contributed by atoms with Gasteiger partial charge in [-0.15, -0.1) is 0 Å². The summed E-state index contributed by atoms with van der Waals surface area (Å²) in [6.07, 6.45) is 0. The Morgan fingerprint density at radius 1 is 0.636 bits per heavy atom. The Morgan fingerprint density at radius 2 is 1.18 bits per heavy atom. The Labute approximate surface area is 139 Å². The molecule has 0 spiro atoms. The van der Waals surface area contributed by atoms with Crippen molar-refractivity contribution in [3.8, 4) is 22.6 Å². The molecule has 2 N–H and O–H groups in total. The fraction of sp³-hybridized carbons (Fsp3) is 0. The Morgan fingerprint density at radius 3 is 1.77 bits per heavy atom. The average molecular weight is 330 g/mol. The first-order valence-corrected chi connectivity index (χ1v) is 7.46. The summed E-state index contributed by atoms with van der Waals surface area (Å²) in [5.41, 5.74) is 8.41. The Balaban J connectivity index is 1.80. The molecule has 22 heavy (non-hydrogen) atoms. The lowest BCUT2D eigenvalue weighted by atomic mass is 10.1. The summed E-state index contributed by atoms with van der Waals surface area (Å²) >= 11 is 12.0. The molecule has 2 nitrogen and oxygen atoms in total. The van der Waals surface area contributed by atoms with E-state index in [0.717, 1.165) is 22.6 Å². The molecular formula is C18H13Cl2NO. The minimum atomic E-state index is 0.543. The fourth-order valence-corrected chi connectivity index (χ4v) is 2.36. The van der Waals surface area contributed by atoms with Crippen LogP contribution in [-0.4, -0.2) is 0 Å². The maximum atomic E-state index is 6.05. The van der Waals surface area contributed by atoms with Crippen LogP contribution < -0.4 is 10.5 Å². The monoisotopic (exact) mass is 329 g/mol. The summed E-state index contributed by atoms with van der Waals surface area (Å²) in [4.78, 5) is 0. The second kappa shape index (κ2) is 6.30. The van der Waals surface area contributed by atoms with E-state index in [9.17, 15) is 0 Å². The van der Waals surface area contributed by atoms with Crippen molar-refractivity contribution in [3.63, 3.8) is 0 Å². The molecule has 3 aromatic carbocycles. The first-order valence-electron chi connectivity index (χ1n) is 6.71. The van der Waals surface area contributed by atoms with Crippen LogP contribution in [0.1, 0.15) is 0 Å². The van der Waals surface area contributed by atoms with Crippen LogP contribution in [0.2, 0.25) is 10.0 Å². The minimum Gasteiger partial charge on any atom is -0.457 e.